The first-order valence-corrected chi connectivity index (χ1v) is 11.1. The fourth-order valence-electron chi connectivity index (χ4n) is 5.35. The molecule has 4 aromatic rings. The number of para-hydroxylation sites is 1. The number of nitrogens with two attached hydrogens (primary N) is 1. The van der Waals surface area contributed by atoms with Crippen LogP contribution in [0.25, 0.3) is 27.8 Å². The Labute approximate surface area is 190 Å². The lowest BCUT2D eigenvalue weighted by Crippen LogP contribution is -2.24. The van der Waals surface area contributed by atoms with Crippen LogP contribution < -0.4 is 5.73 Å². The monoisotopic (exact) mass is 413 g/mol. The summed E-state index contributed by atoms with van der Waals surface area (Å²) in [4.78, 5) is 0. The molecule has 0 fully saturated rings. The van der Waals surface area contributed by atoms with Crippen LogP contribution in [0.15, 0.2) is 110 Å². The molecule has 0 bridgehead atoms. The quantitative estimate of drug-likeness (QED) is 0.267. The lowest BCUT2D eigenvalue weighted by molar-refractivity contribution is 0.711. The predicted octanol–water partition coefficient (Wildman–Crippen LogP) is 7.86. The molecule has 0 spiro atoms. The van der Waals surface area contributed by atoms with Gasteiger partial charge in [0.2, 0.25) is 0 Å². The van der Waals surface area contributed by atoms with E-state index < -0.39 is 0 Å². The second-order valence-corrected chi connectivity index (χ2v) is 8.48. The molecule has 0 amide bonds. The maximum atomic E-state index is 6.43. The average Bonchev–Trinajstić information content (AvgIpc) is 3.10. The van der Waals surface area contributed by atoms with Crippen molar-refractivity contribution in [3.63, 3.8) is 0 Å². The van der Waals surface area contributed by atoms with Gasteiger partial charge < -0.3 is 5.73 Å². The minimum atomic E-state index is -0.292. The van der Waals surface area contributed by atoms with Gasteiger partial charge in [-0.25, -0.2) is 0 Å². The van der Waals surface area contributed by atoms with Crippen LogP contribution in [-0.2, 0) is 5.41 Å². The van der Waals surface area contributed by atoms with Gasteiger partial charge in [-0.15, -0.1) is 0 Å². The van der Waals surface area contributed by atoms with E-state index in [-0.39, 0.29) is 5.41 Å². The average molecular weight is 414 g/mol. The van der Waals surface area contributed by atoms with Crippen molar-refractivity contribution in [2.24, 2.45) is 0 Å². The summed E-state index contributed by atoms with van der Waals surface area (Å²) in [5, 5.41) is 0. The highest BCUT2D eigenvalue weighted by atomic mass is 14.6. The number of rotatable bonds is 4. The van der Waals surface area contributed by atoms with E-state index in [1.165, 1.54) is 38.9 Å². The van der Waals surface area contributed by atoms with E-state index in [1.54, 1.807) is 0 Å². The molecule has 0 aromatic heterocycles. The van der Waals surface area contributed by atoms with Crippen LogP contribution in [0.1, 0.15) is 36.1 Å². The molecule has 1 heteroatoms. The third kappa shape index (κ3) is 2.78. The van der Waals surface area contributed by atoms with Crippen molar-refractivity contribution in [3.8, 4) is 22.3 Å². The highest BCUT2D eigenvalue weighted by Gasteiger charge is 2.42. The van der Waals surface area contributed by atoms with Crippen molar-refractivity contribution in [3.05, 3.63) is 132 Å². The van der Waals surface area contributed by atoms with Gasteiger partial charge in [-0.2, -0.15) is 0 Å². The minimum absolute atomic E-state index is 0.292. The van der Waals surface area contributed by atoms with Gasteiger partial charge in [-0.3, -0.25) is 0 Å². The Morgan fingerprint density at radius 2 is 1.31 bits per heavy atom. The summed E-state index contributed by atoms with van der Waals surface area (Å²) in [6.07, 6.45) is 4.09. The number of anilines is 1. The van der Waals surface area contributed by atoms with Crippen LogP contribution in [0, 0.1) is 0 Å². The van der Waals surface area contributed by atoms with E-state index in [1.807, 2.05) is 18.2 Å². The first-order chi connectivity index (χ1) is 15.6. The molecule has 0 aliphatic heterocycles. The summed E-state index contributed by atoms with van der Waals surface area (Å²) in [5.41, 5.74) is 18.0. The van der Waals surface area contributed by atoms with Crippen molar-refractivity contribution in [1.82, 2.24) is 0 Å². The maximum absolute atomic E-state index is 6.43. The van der Waals surface area contributed by atoms with Crippen LogP contribution >= 0.6 is 0 Å². The molecule has 32 heavy (non-hydrogen) atoms. The summed E-state index contributed by atoms with van der Waals surface area (Å²) < 4.78 is 0. The number of allylic oxidation sites excluding steroid dienone is 3. The standard InChI is InChI=1S/C31H27N/c1-4-21(5-2)22-13-6-9-17-26(22)31(3)27-18-10-7-15-25(27)30-24(16-12-19-28(30)31)23-14-8-11-20-29(23)32/h4-20H,1,32H2,2-3H3/b21-5+. The summed E-state index contributed by atoms with van der Waals surface area (Å²) >= 11 is 0. The first kappa shape index (κ1) is 20.1. The summed E-state index contributed by atoms with van der Waals surface area (Å²) in [6, 6.07) is 32.3. The van der Waals surface area contributed by atoms with E-state index in [2.05, 4.69) is 105 Å². The zero-order valence-electron chi connectivity index (χ0n) is 18.6. The van der Waals surface area contributed by atoms with Crippen molar-refractivity contribution in [2.75, 3.05) is 5.73 Å². The van der Waals surface area contributed by atoms with Crippen LogP contribution in [0.3, 0.4) is 0 Å². The number of benzene rings is 4. The molecule has 5 rings (SSSR count). The zero-order chi connectivity index (χ0) is 22.3. The van der Waals surface area contributed by atoms with E-state index in [4.69, 9.17) is 5.73 Å². The van der Waals surface area contributed by atoms with E-state index in [9.17, 15) is 0 Å². The first-order valence-electron chi connectivity index (χ1n) is 11.1. The molecule has 1 aliphatic rings. The SMILES string of the molecule is C=C/C(=C\C)c1ccccc1C1(C)c2ccccc2-c2c(-c3ccccc3N)cccc21. The molecule has 1 nitrogen and oxygen atoms in total. The van der Waals surface area contributed by atoms with E-state index in [0.717, 1.165) is 16.8 Å². The smallest absolute Gasteiger partial charge is 0.0441 e. The highest BCUT2D eigenvalue weighted by molar-refractivity contribution is 5.96. The Morgan fingerprint density at radius 3 is 2.03 bits per heavy atom. The molecule has 4 aromatic carbocycles. The van der Waals surface area contributed by atoms with Crippen molar-refractivity contribution in [1.29, 1.82) is 0 Å². The zero-order valence-corrected chi connectivity index (χ0v) is 18.6. The van der Waals surface area contributed by atoms with Gasteiger partial charge in [0.25, 0.3) is 0 Å². The van der Waals surface area contributed by atoms with Crippen molar-refractivity contribution < 1.29 is 0 Å². The number of hydrogen-bond acceptors (Lipinski definition) is 1. The van der Waals surface area contributed by atoms with Crippen molar-refractivity contribution in [2.45, 2.75) is 19.3 Å². The molecular formula is C31H27N. The topological polar surface area (TPSA) is 26.0 Å². The molecule has 1 aliphatic carbocycles. The fraction of sp³-hybridized carbons (Fsp3) is 0.0968. The van der Waals surface area contributed by atoms with Crippen LogP contribution in [0.2, 0.25) is 0 Å². The predicted molar refractivity (Wildman–Crippen MR) is 138 cm³/mol. The molecule has 2 N–H and O–H groups in total. The Balaban J connectivity index is 1.88. The molecule has 0 radical (unpaired) electrons. The molecule has 1 unspecified atom stereocenters. The van der Waals surface area contributed by atoms with Gasteiger partial charge in [-0.1, -0.05) is 104 Å². The molecule has 0 saturated heterocycles. The Bertz CT molecular complexity index is 1370. The lowest BCUT2D eigenvalue weighted by atomic mass is 9.71. The molecule has 1 atom stereocenters. The maximum Gasteiger partial charge on any atom is 0.0441 e. The molecule has 0 heterocycles. The second-order valence-electron chi connectivity index (χ2n) is 8.48. The number of hydrogen-bond donors (Lipinski definition) is 1. The Kier molecular flexibility index (Phi) is 4.83. The number of fused-ring (bicyclic) bond motifs is 3. The van der Waals surface area contributed by atoms with E-state index >= 15 is 0 Å². The van der Waals surface area contributed by atoms with Gasteiger partial charge in [0, 0.05) is 16.7 Å². The van der Waals surface area contributed by atoms with Crippen LogP contribution in [0.4, 0.5) is 5.69 Å². The van der Waals surface area contributed by atoms with Gasteiger partial charge in [0.05, 0.1) is 0 Å². The van der Waals surface area contributed by atoms with E-state index in [0.29, 0.717) is 0 Å². The van der Waals surface area contributed by atoms with Gasteiger partial charge in [-0.05, 0) is 64.4 Å². The van der Waals surface area contributed by atoms with Crippen LogP contribution in [-0.4, -0.2) is 0 Å². The van der Waals surface area contributed by atoms with Gasteiger partial charge >= 0.3 is 0 Å². The lowest BCUT2D eigenvalue weighted by Gasteiger charge is -2.31. The highest BCUT2D eigenvalue weighted by Crippen LogP contribution is 2.56. The molecule has 156 valence electrons. The molecular weight excluding hydrogens is 386 g/mol. The second kappa shape index (κ2) is 7.69. The summed E-state index contributed by atoms with van der Waals surface area (Å²) in [5.74, 6) is 0. The summed E-state index contributed by atoms with van der Waals surface area (Å²) in [7, 11) is 0. The Hall–Kier alpha value is -3.84. The van der Waals surface area contributed by atoms with Gasteiger partial charge in [0.15, 0.2) is 0 Å². The summed E-state index contributed by atoms with van der Waals surface area (Å²) in [6.45, 7) is 8.49. The third-order valence-electron chi connectivity index (χ3n) is 6.90. The third-order valence-corrected chi connectivity index (χ3v) is 6.90. The minimum Gasteiger partial charge on any atom is -0.398 e. The number of nitrogen functional groups attached to an aromatic ring is 1. The van der Waals surface area contributed by atoms with Crippen molar-refractivity contribution >= 4 is 11.3 Å². The van der Waals surface area contributed by atoms with Gasteiger partial charge in [0.1, 0.15) is 0 Å². The normalized spacial score (nSPS) is 17.0. The fourth-order valence-corrected chi connectivity index (χ4v) is 5.35. The largest absolute Gasteiger partial charge is 0.398 e. The van der Waals surface area contributed by atoms with Crippen LogP contribution in [0.5, 0.6) is 0 Å². The molecule has 0 saturated carbocycles. The Morgan fingerprint density at radius 1 is 0.719 bits per heavy atom.